The summed E-state index contributed by atoms with van der Waals surface area (Å²) in [4.78, 5) is 16.0. The Kier molecular flexibility index (Phi) is 7.47. The molecule has 7 heteroatoms. The van der Waals surface area contributed by atoms with E-state index >= 15 is 0 Å². The lowest BCUT2D eigenvalue weighted by Gasteiger charge is -2.20. The smallest absolute Gasteiger partial charge is 0.223 e. The summed E-state index contributed by atoms with van der Waals surface area (Å²) in [5, 5.41) is 2.81. The van der Waals surface area contributed by atoms with E-state index in [1.807, 2.05) is 19.9 Å². The van der Waals surface area contributed by atoms with Crippen molar-refractivity contribution in [3.63, 3.8) is 0 Å². The highest BCUT2D eigenvalue weighted by Crippen LogP contribution is 2.08. The Labute approximate surface area is 133 Å². The summed E-state index contributed by atoms with van der Waals surface area (Å²) in [5.74, 6) is -0.0289. The third-order valence-electron chi connectivity index (χ3n) is 3.55. The molecule has 1 aromatic heterocycles. The lowest BCUT2D eigenvalue weighted by atomic mass is 10.0. The van der Waals surface area contributed by atoms with Crippen LogP contribution in [-0.2, 0) is 21.4 Å². The summed E-state index contributed by atoms with van der Waals surface area (Å²) < 4.78 is 25.0. The van der Waals surface area contributed by atoms with Gasteiger partial charge in [-0.05, 0) is 25.0 Å². The molecule has 1 rings (SSSR count). The van der Waals surface area contributed by atoms with Crippen LogP contribution in [0.3, 0.4) is 0 Å². The van der Waals surface area contributed by atoms with Crippen LogP contribution in [0.15, 0.2) is 24.4 Å². The molecule has 0 spiro atoms. The number of aromatic nitrogens is 1. The van der Waals surface area contributed by atoms with Crippen LogP contribution in [0.25, 0.3) is 0 Å². The molecule has 0 saturated carbocycles. The van der Waals surface area contributed by atoms with E-state index in [1.54, 1.807) is 18.3 Å². The molecule has 1 aromatic rings. The topological polar surface area (TPSA) is 79.4 Å². The van der Waals surface area contributed by atoms with Gasteiger partial charge in [-0.25, -0.2) is 8.42 Å². The summed E-state index contributed by atoms with van der Waals surface area (Å²) in [6.45, 7) is 4.69. The van der Waals surface area contributed by atoms with E-state index in [0.717, 1.165) is 12.8 Å². The van der Waals surface area contributed by atoms with E-state index in [2.05, 4.69) is 10.3 Å². The van der Waals surface area contributed by atoms with E-state index in [0.29, 0.717) is 12.2 Å². The molecule has 22 heavy (non-hydrogen) atoms. The van der Waals surface area contributed by atoms with Crippen LogP contribution in [0.2, 0.25) is 0 Å². The minimum Gasteiger partial charge on any atom is -0.355 e. The Bertz CT molecular complexity index is 557. The Hall–Kier alpha value is -1.47. The van der Waals surface area contributed by atoms with Crippen LogP contribution >= 0.6 is 0 Å². The molecule has 1 N–H and O–H groups in total. The van der Waals surface area contributed by atoms with E-state index in [1.165, 1.54) is 10.6 Å². The van der Waals surface area contributed by atoms with Crippen LogP contribution < -0.4 is 5.32 Å². The maximum absolute atomic E-state index is 11.9. The van der Waals surface area contributed by atoms with E-state index in [9.17, 15) is 13.2 Å². The van der Waals surface area contributed by atoms with Crippen LogP contribution in [0.5, 0.6) is 0 Å². The number of nitrogens with zero attached hydrogens (tertiary/aromatic N) is 2. The quantitative estimate of drug-likeness (QED) is 0.743. The Morgan fingerprint density at radius 1 is 1.32 bits per heavy atom. The Morgan fingerprint density at radius 2 is 2.00 bits per heavy atom. The zero-order valence-electron chi connectivity index (χ0n) is 13.4. The Morgan fingerprint density at radius 3 is 2.50 bits per heavy atom. The third kappa shape index (κ3) is 6.11. The summed E-state index contributed by atoms with van der Waals surface area (Å²) >= 11 is 0. The SMILES string of the molecule is CCC(CC)C(=O)NCCN(Cc1ccccn1)S(C)(=O)=O. The zero-order chi connectivity index (χ0) is 16.6. The van der Waals surface area contributed by atoms with E-state index in [-0.39, 0.29) is 24.9 Å². The molecule has 6 nitrogen and oxygen atoms in total. The van der Waals surface area contributed by atoms with Crippen molar-refractivity contribution in [3.05, 3.63) is 30.1 Å². The molecule has 0 unspecified atom stereocenters. The van der Waals surface area contributed by atoms with Crippen molar-refractivity contribution in [1.82, 2.24) is 14.6 Å². The van der Waals surface area contributed by atoms with Crippen LogP contribution in [0, 0.1) is 5.92 Å². The van der Waals surface area contributed by atoms with Gasteiger partial charge in [0.1, 0.15) is 0 Å². The molecule has 0 bridgehead atoms. The minimum atomic E-state index is -3.35. The average molecular weight is 327 g/mol. The first-order valence-electron chi connectivity index (χ1n) is 7.51. The molecule has 0 aliphatic rings. The van der Waals surface area contributed by atoms with Crippen molar-refractivity contribution in [3.8, 4) is 0 Å². The van der Waals surface area contributed by atoms with Gasteiger partial charge < -0.3 is 5.32 Å². The normalized spacial score (nSPS) is 11.9. The number of carbonyl (C=O) groups excluding carboxylic acids is 1. The second-order valence-corrected chi connectivity index (χ2v) is 7.20. The number of pyridine rings is 1. The van der Waals surface area contributed by atoms with E-state index in [4.69, 9.17) is 0 Å². The fraction of sp³-hybridized carbons (Fsp3) is 0.600. The first-order valence-corrected chi connectivity index (χ1v) is 9.36. The molecule has 0 saturated heterocycles. The maximum atomic E-state index is 11.9. The minimum absolute atomic E-state index is 0.0116. The lowest BCUT2D eigenvalue weighted by Crippen LogP contribution is -2.39. The molecule has 0 radical (unpaired) electrons. The number of rotatable bonds is 9. The van der Waals surface area contributed by atoms with Gasteiger partial charge in [-0.15, -0.1) is 0 Å². The second kappa shape index (κ2) is 8.85. The largest absolute Gasteiger partial charge is 0.355 e. The molecule has 1 amide bonds. The molecule has 0 atom stereocenters. The van der Waals surface area contributed by atoms with Crippen molar-refractivity contribution in [2.45, 2.75) is 33.2 Å². The number of hydrogen-bond acceptors (Lipinski definition) is 4. The van der Waals surface area contributed by atoms with Gasteiger partial charge in [-0.1, -0.05) is 19.9 Å². The third-order valence-corrected chi connectivity index (χ3v) is 4.80. The first kappa shape index (κ1) is 18.6. The standard InChI is InChI=1S/C15H25N3O3S/c1-4-13(5-2)15(19)17-10-11-18(22(3,20)21)12-14-8-6-7-9-16-14/h6-9,13H,4-5,10-12H2,1-3H3,(H,17,19). The van der Waals surface area contributed by atoms with Crippen molar-refractivity contribution in [2.75, 3.05) is 19.3 Å². The number of hydrogen-bond donors (Lipinski definition) is 1. The highest BCUT2D eigenvalue weighted by atomic mass is 32.2. The van der Waals surface area contributed by atoms with Gasteiger partial charge in [0.15, 0.2) is 0 Å². The zero-order valence-corrected chi connectivity index (χ0v) is 14.3. The van der Waals surface area contributed by atoms with Gasteiger partial charge in [0.2, 0.25) is 15.9 Å². The van der Waals surface area contributed by atoms with Crippen LogP contribution in [0.1, 0.15) is 32.4 Å². The maximum Gasteiger partial charge on any atom is 0.223 e. The predicted octanol–water partition coefficient (Wildman–Crippen LogP) is 1.40. The summed E-state index contributed by atoms with van der Waals surface area (Å²) in [5.41, 5.74) is 0.680. The molecule has 0 aromatic carbocycles. The average Bonchev–Trinajstić information content (AvgIpc) is 2.47. The second-order valence-electron chi connectivity index (χ2n) is 5.22. The lowest BCUT2D eigenvalue weighted by molar-refractivity contribution is -0.125. The molecule has 0 aliphatic heterocycles. The summed E-state index contributed by atoms with van der Waals surface area (Å²) in [6.07, 6.45) is 4.36. The fourth-order valence-corrected chi connectivity index (χ4v) is 2.93. The van der Waals surface area contributed by atoms with Gasteiger partial charge in [-0.2, -0.15) is 4.31 Å². The monoisotopic (exact) mass is 327 g/mol. The first-order chi connectivity index (χ1) is 10.4. The molecule has 0 aliphatic carbocycles. The van der Waals surface area contributed by atoms with E-state index < -0.39 is 10.0 Å². The van der Waals surface area contributed by atoms with Gasteiger partial charge in [0.25, 0.3) is 0 Å². The van der Waals surface area contributed by atoms with Gasteiger partial charge >= 0.3 is 0 Å². The summed E-state index contributed by atoms with van der Waals surface area (Å²) in [7, 11) is -3.35. The molecule has 1 heterocycles. The molecule has 124 valence electrons. The van der Waals surface area contributed by atoms with Crippen LogP contribution in [-0.4, -0.2) is 43.0 Å². The van der Waals surface area contributed by atoms with Crippen molar-refractivity contribution in [2.24, 2.45) is 5.92 Å². The van der Waals surface area contributed by atoms with Gasteiger partial charge in [-0.3, -0.25) is 9.78 Å². The van der Waals surface area contributed by atoms with Gasteiger partial charge in [0.05, 0.1) is 18.5 Å². The number of carbonyl (C=O) groups is 1. The van der Waals surface area contributed by atoms with Crippen molar-refractivity contribution in [1.29, 1.82) is 0 Å². The fourth-order valence-electron chi connectivity index (χ4n) is 2.14. The molecular formula is C15H25N3O3S. The Balaban J connectivity index is 2.59. The number of sulfonamides is 1. The highest BCUT2D eigenvalue weighted by Gasteiger charge is 2.19. The predicted molar refractivity (Wildman–Crippen MR) is 86.6 cm³/mol. The molecule has 0 fully saturated rings. The number of nitrogens with one attached hydrogen (secondary N) is 1. The highest BCUT2D eigenvalue weighted by molar-refractivity contribution is 7.88. The number of amides is 1. The van der Waals surface area contributed by atoms with Crippen LogP contribution in [0.4, 0.5) is 0 Å². The van der Waals surface area contributed by atoms with Crippen molar-refractivity contribution < 1.29 is 13.2 Å². The summed E-state index contributed by atoms with van der Waals surface area (Å²) in [6, 6.07) is 5.38. The van der Waals surface area contributed by atoms with Gasteiger partial charge in [0, 0.05) is 25.2 Å². The molecular weight excluding hydrogens is 302 g/mol. The van der Waals surface area contributed by atoms with Crippen molar-refractivity contribution >= 4 is 15.9 Å².